The fourth-order valence-corrected chi connectivity index (χ4v) is 2.77. The van der Waals surface area contributed by atoms with Gasteiger partial charge in [0.15, 0.2) is 0 Å². The van der Waals surface area contributed by atoms with Crippen molar-refractivity contribution in [3.8, 4) is 0 Å². The van der Waals surface area contributed by atoms with E-state index >= 15 is 0 Å². The highest BCUT2D eigenvalue weighted by molar-refractivity contribution is 5.56. The van der Waals surface area contributed by atoms with Crippen LogP contribution in [0.25, 0.3) is 0 Å². The molecule has 0 bridgehead atoms. The molecule has 2 rings (SSSR count). The summed E-state index contributed by atoms with van der Waals surface area (Å²) >= 11 is 0. The van der Waals surface area contributed by atoms with Crippen molar-refractivity contribution in [3.63, 3.8) is 0 Å². The number of hydrogen-bond acceptors (Lipinski definition) is 3. The van der Waals surface area contributed by atoms with E-state index in [1.807, 2.05) is 24.1 Å². The van der Waals surface area contributed by atoms with Crippen molar-refractivity contribution >= 4 is 11.4 Å². The van der Waals surface area contributed by atoms with E-state index in [0.717, 1.165) is 25.2 Å². The molecule has 1 aromatic rings. The molecular formula is C17H28FN3. The Hall–Kier alpha value is -1.29. The molecule has 1 N–H and O–H groups in total. The summed E-state index contributed by atoms with van der Waals surface area (Å²) in [6.07, 6.45) is 1.12. The zero-order valence-electron chi connectivity index (χ0n) is 13.9. The number of hydrogen-bond donors (Lipinski definition) is 1. The zero-order valence-corrected chi connectivity index (χ0v) is 13.9. The van der Waals surface area contributed by atoms with Crippen molar-refractivity contribution in [2.75, 3.05) is 30.4 Å². The molecular weight excluding hydrogens is 265 g/mol. The number of benzene rings is 1. The lowest BCUT2D eigenvalue weighted by Gasteiger charge is -2.25. The van der Waals surface area contributed by atoms with Gasteiger partial charge in [-0.3, -0.25) is 4.90 Å². The molecule has 1 aromatic carbocycles. The Morgan fingerprint density at radius 1 is 1.29 bits per heavy atom. The summed E-state index contributed by atoms with van der Waals surface area (Å²) in [5.74, 6) is -0.157. The van der Waals surface area contributed by atoms with Crippen molar-refractivity contribution in [3.05, 3.63) is 24.0 Å². The van der Waals surface area contributed by atoms with Crippen LogP contribution in [0.1, 0.15) is 34.1 Å². The van der Waals surface area contributed by atoms with Gasteiger partial charge in [0.25, 0.3) is 0 Å². The molecule has 118 valence electrons. The van der Waals surface area contributed by atoms with E-state index < -0.39 is 0 Å². The van der Waals surface area contributed by atoms with Gasteiger partial charge in [-0.1, -0.05) is 0 Å². The van der Waals surface area contributed by atoms with Gasteiger partial charge in [-0.05, 0) is 52.3 Å². The minimum absolute atomic E-state index is 0.157. The summed E-state index contributed by atoms with van der Waals surface area (Å²) in [6.45, 7) is 10.7. The topological polar surface area (TPSA) is 18.5 Å². The Kier molecular flexibility index (Phi) is 5.09. The fourth-order valence-electron chi connectivity index (χ4n) is 2.77. The van der Waals surface area contributed by atoms with E-state index in [0.29, 0.717) is 17.8 Å². The van der Waals surface area contributed by atoms with E-state index in [2.05, 4.69) is 37.9 Å². The second kappa shape index (κ2) is 6.65. The first-order chi connectivity index (χ1) is 9.88. The van der Waals surface area contributed by atoms with E-state index in [9.17, 15) is 4.39 Å². The third-order valence-electron chi connectivity index (χ3n) is 4.42. The lowest BCUT2D eigenvalue weighted by Crippen LogP contribution is -2.31. The van der Waals surface area contributed by atoms with Gasteiger partial charge in [0.1, 0.15) is 5.82 Å². The highest BCUT2D eigenvalue weighted by Gasteiger charge is 2.24. The maximum Gasteiger partial charge on any atom is 0.148 e. The van der Waals surface area contributed by atoms with Crippen LogP contribution in [-0.4, -0.2) is 43.2 Å². The van der Waals surface area contributed by atoms with E-state index in [1.165, 1.54) is 0 Å². The number of halogens is 1. The average molecular weight is 293 g/mol. The Labute approximate surface area is 128 Å². The van der Waals surface area contributed by atoms with Crippen LogP contribution in [0.4, 0.5) is 15.8 Å². The molecule has 21 heavy (non-hydrogen) atoms. The van der Waals surface area contributed by atoms with Gasteiger partial charge in [-0.2, -0.15) is 0 Å². The average Bonchev–Trinajstić information content (AvgIpc) is 2.87. The predicted octanol–water partition coefficient (Wildman–Crippen LogP) is 3.56. The quantitative estimate of drug-likeness (QED) is 0.895. The van der Waals surface area contributed by atoms with Crippen molar-refractivity contribution < 1.29 is 4.39 Å². The van der Waals surface area contributed by atoms with Crippen molar-refractivity contribution in [1.82, 2.24) is 4.90 Å². The van der Waals surface area contributed by atoms with Gasteiger partial charge in [-0.15, -0.1) is 0 Å². The van der Waals surface area contributed by atoms with Crippen LogP contribution in [0.3, 0.4) is 0 Å². The summed E-state index contributed by atoms with van der Waals surface area (Å²) < 4.78 is 14.2. The van der Waals surface area contributed by atoms with Crippen LogP contribution in [0, 0.1) is 5.82 Å². The van der Waals surface area contributed by atoms with Gasteiger partial charge in [-0.25, -0.2) is 4.39 Å². The smallest absolute Gasteiger partial charge is 0.148 e. The van der Waals surface area contributed by atoms with E-state index in [4.69, 9.17) is 0 Å². The molecule has 0 aromatic heterocycles. The van der Waals surface area contributed by atoms with Gasteiger partial charge < -0.3 is 10.2 Å². The molecule has 3 nitrogen and oxygen atoms in total. The number of nitrogens with zero attached hydrogens (tertiary/aromatic N) is 2. The number of rotatable bonds is 5. The first-order valence-electron chi connectivity index (χ1n) is 7.91. The highest BCUT2D eigenvalue weighted by Crippen LogP contribution is 2.25. The van der Waals surface area contributed by atoms with Crippen LogP contribution >= 0.6 is 0 Å². The minimum Gasteiger partial charge on any atom is -0.381 e. The van der Waals surface area contributed by atoms with Gasteiger partial charge in [0, 0.05) is 44.0 Å². The Balaban J connectivity index is 2.01. The summed E-state index contributed by atoms with van der Waals surface area (Å²) in [5, 5.41) is 3.46. The lowest BCUT2D eigenvalue weighted by atomic mass is 10.2. The van der Waals surface area contributed by atoms with Crippen molar-refractivity contribution in [2.24, 2.45) is 0 Å². The SMILES string of the molecule is CC(C)N1CCC(Nc2ccc(N(C)C(C)C)c(F)c2)C1. The molecule has 0 aliphatic carbocycles. The van der Waals surface area contributed by atoms with Crippen LogP contribution in [0.2, 0.25) is 0 Å². The van der Waals surface area contributed by atoms with E-state index in [-0.39, 0.29) is 11.9 Å². The summed E-state index contributed by atoms with van der Waals surface area (Å²) in [7, 11) is 1.92. The molecule has 0 spiro atoms. The Morgan fingerprint density at radius 2 is 2.00 bits per heavy atom. The molecule has 1 aliphatic rings. The molecule has 4 heteroatoms. The molecule has 1 unspecified atom stereocenters. The number of likely N-dealkylation sites (tertiary alicyclic amines) is 1. The molecule has 0 saturated carbocycles. The largest absolute Gasteiger partial charge is 0.381 e. The summed E-state index contributed by atoms with van der Waals surface area (Å²) in [5.41, 5.74) is 1.54. The monoisotopic (exact) mass is 293 g/mol. The third-order valence-corrected chi connectivity index (χ3v) is 4.42. The normalized spacial score (nSPS) is 19.5. The van der Waals surface area contributed by atoms with Crippen LogP contribution in [-0.2, 0) is 0 Å². The molecule has 1 heterocycles. The second-order valence-corrected chi connectivity index (χ2v) is 6.59. The van der Waals surface area contributed by atoms with Crippen molar-refractivity contribution in [2.45, 2.75) is 52.2 Å². The first-order valence-corrected chi connectivity index (χ1v) is 7.91. The van der Waals surface area contributed by atoms with Gasteiger partial charge >= 0.3 is 0 Å². The van der Waals surface area contributed by atoms with Crippen LogP contribution < -0.4 is 10.2 Å². The van der Waals surface area contributed by atoms with Gasteiger partial charge in [0.2, 0.25) is 0 Å². The maximum atomic E-state index is 14.2. The zero-order chi connectivity index (χ0) is 15.6. The Bertz CT molecular complexity index is 473. The number of nitrogens with one attached hydrogen (secondary N) is 1. The van der Waals surface area contributed by atoms with Crippen LogP contribution in [0.15, 0.2) is 18.2 Å². The van der Waals surface area contributed by atoms with Crippen molar-refractivity contribution in [1.29, 1.82) is 0 Å². The molecule has 0 radical (unpaired) electrons. The van der Waals surface area contributed by atoms with Gasteiger partial charge in [0.05, 0.1) is 5.69 Å². The number of anilines is 2. The standard InChI is InChI=1S/C17H28FN3/c1-12(2)20(5)17-7-6-14(10-16(17)18)19-15-8-9-21(11-15)13(3)4/h6-7,10,12-13,15,19H,8-9,11H2,1-5H3. The molecule has 0 amide bonds. The van der Waals surface area contributed by atoms with Crippen LogP contribution in [0.5, 0.6) is 0 Å². The third kappa shape index (κ3) is 3.88. The first kappa shape index (κ1) is 16.1. The fraction of sp³-hybridized carbons (Fsp3) is 0.647. The molecule has 1 aliphatic heterocycles. The minimum atomic E-state index is -0.157. The Morgan fingerprint density at radius 3 is 2.52 bits per heavy atom. The molecule has 1 fully saturated rings. The lowest BCUT2D eigenvalue weighted by molar-refractivity contribution is 0.274. The highest BCUT2D eigenvalue weighted by atomic mass is 19.1. The van der Waals surface area contributed by atoms with E-state index in [1.54, 1.807) is 6.07 Å². The summed E-state index contributed by atoms with van der Waals surface area (Å²) in [6, 6.07) is 6.75. The maximum absolute atomic E-state index is 14.2. The second-order valence-electron chi connectivity index (χ2n) is 6.59. The molecule has 1 saturated heterocycles. The predicted molar refractivity (Wildman–Crippen MR) is 88.7 cm³/mol. The summed E-state index contributed by atoms with van der Waals surface area (Å²) in [4.78, 5) is 4.41. The molecule has 1 atom stereocenters.